The van der Waals surface area contributed by atoms with Crippen LogP contribution in [-0.4, -0.2) is 36.6 Å². The summed E-state index contributed by atoms with van der Waals surface area (Å²) in [6.07, 6.45) is 7.44. The molecule has 10 nitrogen and oxygen atoms in total. The highest BCUT2D eigenvalue weighted by Gasteiger charge is 2.14. The van der Waals surface area contributed by atoms with Gasteiger partial charge < -0.3 is 16.2 Å². The Kier molecular flexibility index (Phi) is 7.74. The quantitative estimate of drug-likeness (QED) is 0.309. The number of nitrogens with two attached hydrogens (primary N) is 2. The Morgan fingerprint density at radius 3 is 2.35 bits per heavy atom. The zero-order valence-electron chi connectivity index (χ0n) is 21.9. The molecular weight excluding hydrogens is 524 g/mol. The second kappa shape index (κ2) is 11.7. The Bertz CT molecular complexity index is 1810. The van der Waals surface area contributed by atoms with E-state index in [1.807, 2.05) is 48.5 Å². The fraction of sp³-hybridized carbons (Fsp3) is 0.103. The Hall–Kier alpha value is -5.16. The van der Waals surface area contributed by atoms with Gasteiger partial charge in [0.2, 0.25) is 5.95 Å². The van der Waals surface area contributed by atoms with Crippen LogP contribution in [-0.2, 0) is 6.42 Å². The molecule has 4 heterocycles. The van der Waals surface area contributed by atoms with E-state index in [1.54, 1.807) is 34.9 Å². The molecule has 0 unspecified atom stereocenters. The second-order valence-electron chi connectivity index (χ2n) is 8.59. The highest BCUT2D eigenvalue weighted by atomic mass is 32.1. The molecule has 4 aromatic heterocycles. The third kappa shape index (κ3) is 5.36. The molecule has 0 bridgehead atoms. The van der Waals surface area contributed by atoms with Gasteiger partial charge in [0, 0.05) is 41.7 Å². The fourth-order valence-corrected chi connectivity index (χ4v) is 4.93. The number of fused-ring (bicyclic) bond motifs is 1. The van der Waals surface area contributed by atoms with Gasteiger partial charge in [0.25, 0.3) is 5.56 Å². The van der Waals surface area contributed by atoms with Crippen LogP contribution < -0.4 is 21.8 Å². The molecule has 0 atom stereocenters. The van der Waals surface area contributed by atoms with Crippen molar-refractivity contribution in [1.82, 2.24) is 29.5 Å². The van der Waals surface area contributed by atoms with Crippen molar-refractivity contribution in [2.45, 2.75) is 13.3 Å². The van der Waals surface area contributed by atoms with Gasteiger partial charge in [0.15, 0.2) is 0 Å². The monoisotopic (exact) mass is 550 g/mol. The van der Waals surface area contributed by atoms with Crippen molar-refractivity contribution in [1.29, 1.82) is 0 Å². The number of para-hydroxylation sites is 1. The van der Waals surface area contributed by atoms with Gasteiger partial charge in [0.05, 0.1) is 28.4 Å². The van der Waals surface area contributed by atoms with E-state index < -0.39 is 0 Å². The van der Waals surface area contributed by atoms with Crippen LogP contribution in [0.5, 0.6) is 6.01 Å². The van der Waals surface area contributed by atoms with Crippen molar-refractivity contribution in [3.63, 3.8) is 0 Å². The smallest absolute Gasteiger partial charge is 0.316 e. The predicted molar refractivity (Wildman–Crippen MR) is 158 cm³/mol. The van der Waals surface area contributed by atoms with Gasteiger partial charge in [-0.15, -0.1) is 11.3 Å². The number of aryl methyl sites for hydroxylation is 1. The molecule has 11 heteroatoms. The molecule has 200 valence electrons. The number of aromatic nitrogens is 6. The summed E-state index contributed by atoms with van der Waals surface area (Å²) in [4.78, 5) is 34.5. The number of benzene rings is 2. The number of nitrogens with zero attached hydrogens (tertiary/aromatic N) is 6. The number of hydrogen-bond donors (Lipinski definition) is 2. The summed E-state index contributed by atoms with van der Waals surface area (Å²) in [6.45, 7) is 2.06. The highest BCUT2D eigenvalue weighted by Crippen LogP contribution is 2.28. The molecule has 2 aromatic carbocycles. The number of hydrogen-bond acceptors (Lipinski definition) is 10. The maximum absolute atomic E-state index is 13.5. The Morgan fingerprint density at radius 2 is 1.70 bits per heavy atom. The van der Waals surface area contributed by atoms with Gasteiger partial charge in [-0.05, 0) is 35.6 Å². The summed E-state index contributed by atoms with van der Waals surface area (Å²) in [6, 6.07) is 18.0. The van der Waals surface area contributed by atoms with Crippen molar-refractivity contribution < 1.29 is 4.74 Å². The average Bonchev–Trinajstić information content (AvgIpc) is 3.52. The second-order valence-corrected chi connectivity index (χ2v) is 9.47. The summed E-state index contributed by atoms with van der Waals surface area (Å²) in [7, 11) is 1.53. The van der Waals surface area contributed by atoms with E-state index in [0.29, 0.717) is 17.2 Å². The number of nitrogen functional groups attached to an aromatic ring is 2. The van der Waals surface area contributed by atoms with Crippen LogP contribution in [0.2, 0.25) is 0 Å². The maximum atomic E-state index is 13.5. The SMILES string of the molecule is CCc1cc2cccc(-c3cnc(OC)nc3)c2c(=O)n1-c1ccccc1.Nc1ncc(-c2cncs2)c(N)n1. The van der Waals surface area contributed by atoms with E-state index in [-0.39, 0.29) is 11.5 Å². The molecule has 0 radical (unpaired) electrons. The fourth-order valence-electron chi connectivity index (χ4n) is 4.28. The molecule has 0 spiro atoms. The van der Waals surface area contributed by atoms with E-state index in [1.165, 1.54) is 18.4 Å². The molecule has 6 aromatic rings. The molecule has 4 N–H and O–H groups in total. The lowest BCUT2D eigenvalue weighted by molar-refractivity contribution is 0.380. The van der Waals surface area contributed by atoms with Gasteiger partial charge >= 0.3 is 6.01 Å². The van der Waals surface area contributed by atoms with Crippen LogP contribution in [0.3, 0.4) is 0 Å². The van der Waals surface area contributed by atoms with Gasteiger partial charge in [-0.1, -0.05) is 43.3 Å². The number of methoxy groups -OCH3 is 1. The van der Waals surface area contributed by atoms with Crippen LogP contribution in [0, 0.1) is 0 Å². The standard InChI is InChI=1S/C22H19N3O2.C7H7N5S/c1-3-17-12-15-8-7-11-19(16-13-23-22(27-2)24-14-16)20(15)21(26)25(17)18-9-5-4-6-10-18;8-6-4(1-11-7(9)12-6)5-2-10-3-13-5/h4-14H,3H2,1-2H3;1-3H,(H4,8,9,11,12). The molecule has 0 aliphatic rings. The van der Waals surface area contributed by atoms with E-state index in [2.05, 4.69) is 37.9 Å². The highest BCUT2D eigenvalue weighted by molar-refractivity contribution is 7.13. The minimum absolute atomic E-state index is 0.0398. The lowest BCUT2D eigenvalue weighted by atomic mass is 10.0. The third-order valence-electron chi connectivity index (χ3n) is 6.16. The van der Waals surface area contributed by atoms with Crippen molar-refractivity contribution in [2.24, 2.45) is 0 Å². The first-order chi connectivity index (χ1) is 19.5. The zero-order valence-corrected chi connectivity index (χ0v) is 22.7. The maximum Gasteiger partial charge on any atom is 0.316 e. The molecule has 0 saturated carbocycles. The largest absolute Gasteiger partial charge is 0.467 e. The lowest BCUT2D eigenvalue weighted by Crippen LogP contribution is -2.22. The van der Waals surface area contributed by atoms with Crippen molar-refractivity contribution >= 4 is 33.9 Å². The van der Waals surface area contributed by atoms with Gasteiger partial charge in [-0.3, -0.25) is 14.3 Å². The van der Waals surface area contributed by atoms with Gasteiger partial charge in [-0.2, -0.15) is 4.98 Å². The first kappa shape index (κ1) is 26.4. The molecular formula is C29H26N8O2S. The average molecular weight is 551 g/mol. The first-order valence-corrected chi connectivity index (χ1v) is 13.2. The van der Waals surface area contributed by atoms with Crippen LogP contribution in [0.1, 0.15) is 12.6 Å². The molecule has 0 fully saturated rings. The Labute approximate surface area is 234 Å². The van der Waals surface area contributed by atoms with E-state index >= 15 is 0 Å². The molecule has 0 saturated heterocycles. The number of pyridine rings is 1. The summed E-state index contributed by atoms with van der Waals surface area (Å²) in [5, 5.41) is 1.57. The molecule has 0 aliphatic heterocycles. The summed E-state index contributed by atoms with van der Waals surface area (Å²) in [5.41, 5.74) is 16.9. The Balaban J connectivity index is 0.000000207. The molecule has 0 amide bonds. The van der Waals surface area contributed by atoms with Crippen molar-refractivity contribution in [3.05, 3.63) is 101 Å². The minimum Gasteiger partial charge on any atom is -0.467 e. The lowest BCUT2D eigenvalue weighted by Gasteiger charge is -2.15. The summed E-state index contributed by atoms with van der Waals surface area (Å²) >= 11 is 1.48. The predicted octanol–water partition coefficient (Wildman–Crippen LogP) is 4.78. The van der Waals surface area contributed by atoms with E-state index in [0.717, 1.165) is 44.8 Å². The first-order valence-electron chi connectivity index (χ1n) is 12.4. The van der Waals surface area contributed by atoms with Crippen LogP contribution in [0.25, 0.3) is 38.0 Å². The summed E-state index contributed by atoms with van der Waals surface area (Å²) in [5.74, 6) is 0.572. The van der Waals surface area contributed by atoms with Crippen LogP contribution >= 0.6 is 11.3 Å². The molecule has 40 heavy (non-hydrogen) atoms. The van der Waals surface area contributed by atoms with Crippen LogP contribution in [0.15, 0.2) is 89.7 Å². The van der Waals surface area contributed by atoms with Crippen molar-refractivity contribution in [3.8, 4) is 33.3 Å². The third-order valence-corrected chi connectivity index (χ3v) is 6.96. The van der Waals surface area contributed by atoms with Gasteiger partial charge in [0.1, 0.15) is 5.82 Å². The number of rotatable bonds is 5. The van der Waals surface area contributed by atoms with E-state index in [4.69, 9.17) is 16.2 Å². The summed E-state index contributed by atoms with van der Waals surface area (Å²) < 4.78 is 6.82. The van der Waals surface area contributed by atoms with Crippen LogP contribution in [0.4, 0.5) is 11.8 Å². The normalized spacial score (nSPS) is 10.7. The topological polar surface area (TPSA) is 148 Å². The zero-order chi connectivity index (χ0) is 28.1. The molecule has 0 aliphatic carbocycles. The number of anilines is 2. The number of ether oxygens (including phenoxy) is 1. The van der Waals surface area contributed by atoms with Crippen molar-refractivity contribution in [2.75, 3.05) is 18.6 Å². The minimum atomic E-state index is -0.0398. The number of thiazole rings is 1. The Morgan fingerprint density at radius 1 is 0.925 bits per heavy atom. The van der Waals surface area contributed by atoms with Gasteiger partial charge in [-0.25, -0.2) is 15.0 Å². The van der Waals surface area contributed by atoms with E-state index in [9.17, 15) is 4.79 Å². The molecule has 6 rings (SSSR count).